The number of amides is 1. The van der Waals surface area contributed by atoms with Crippen LogP contribution in [0.5, 0.6) is 5.75 Å². The molecule has 1 aromatic heterocycles. The van der Waals surface area contributed by atoms with Crippen molar-refractivity contribution < 1.29 is 23.0 Å². The highest BCUT2D eigenvalue weighted by molar-refractivity contribution is 5.79. The second kappa shape index (κ2) is 11.1. The van der Waals surface area contributed by atoms with Crippen LogP contribution in [0, 0.1) is 23.6 Å². The Bertz CT molecular complexity index is 1040. The first-order valence-electron chi connectivity index (χ1n) is 12.9. The summed E-state index contributed by atoms with van der Waals surface area (Å²) in [5, 5.41) is 0. The number of nitrogens with zero attached hydrogens (tertiary/aromatic N) is 4. The number of hydrogen-bond acceptors (Lipinski definition) is 6. The number of hydrogen-bond donors (Lipinski definition) is 0. The molecule has 2 aromatic rings. The highest BCUT2D eigenvalue weighted by atomic mass is 19.1. The number of benzene rings is 1. The number of anilines is 1. The van der Waals surface area contributed by atoms with Gasteiger partial charge >= 0.3 is 0 Å². The highest BCUT2D eigenvalue weighted by Gasteiger charge is 2.43. The van der Waals surface area contributed by atoms with E-state index in [0.29, 0.717) is 30.4 Å². The van der Waals surface area contributed by atoms with E-state index in [9.17, 15) is 13.6 Å². The van der Waals surface area contributed by atoms with E-state index in [1.807, 2.05) is 12.4 Å². The fourth-order valence-corrected chi connectivity index (χ4v) is 5.45. The molecule has 3 heterocycles. The van der Waals surface area contributed by atoms with Gasteiger partial charge < -0.3 is 19.3 Å². The third-order valence-corrected chi connectivity index (χ3v) is 7.72. The summed E-state index contributed by atoms with van der Waals surface area (Å²) in [7, 11) is 1.67. The lowest BCUT2D eigenvalue weighted by atomic mass is 9.90. The molecule has 1 amide bonds. The number of carbonyl (C=O) groups is 1. The third-order valence-electron chi connectivity index (χ3n) is 7.72. The maximum Gasteiger partial charge on any atom is 0.227 e. The Morgan fingerprint density at radius 1 is 1.17 bits per heavy atom. The maximum atomic E-state index is 14.4. The number of carbonyl (C=O) groups excluding carboxylic acids is 1. The van der Waals surface area contributed by atoms with Crippen LogP contribution in [0.4, 0.5) is 14.7 Å². The predicted octanol–water partition coefficient (Wildman–Crippen LogP) is 3.81. The lowest BCUT2D eigenvalue weighted by molar-refractivity contribution is -0.137. The monoisotopic (exact) mass is 500 g/mol. The predicted molar refractivity (Wildman–Crippen MR) is 131 cm³/mol. The molecule has 36 heavy (non-hydrogen) atoms. The number of rotatable bonds is 10. The number of methoxy groups -OCH3 is 1. The molecule has 9 heteroatoms. The van der Waals surface area contributed by atoms with Gasteiger partial charge in [0, 0.05) is 44.2 Å². The quantitative estimate of drug-likeness (QED) is 0.494. The Kier molecular flexibility index (Phi) is 7.65. The van der Waals surface area contributed by atoms with Crippen molar-refractivity contribution >= 4 is 11.9 Å². The van der Waals surface area contributed by atoms with Crippen LogP contribution in [-0.2, 0) is 22.6 Å². The summed E-state index contributed by atoms with van der Waals surface area (Å²) in [6.45, 7) is 3.27. The molecule has 7 nitrogen and oxygen atoms in total. The van der Waals surface area contributed by atoms with Crippen molar-refractivity contribution in [1.82, 2.24) is 14.9 Å². The minimum absolute atomic E-state index is 0.0490. The van der Waals surface area contributed by atoms with Crippen LogP contribution in [0.15, 0.2) is 30.6 Å². The molecular weight excluding hydrogens is 466 g/mol. The van der Waals surface area contributed by atoms with Crippen molar-refractivity contribution in [2.24, 2.45) is 17.8 Å². The molecule has 0 unspecified atom stereocenters. The smallest absolute Gasteiger partial charge is 0.227 e. The molecule has 3 fully saturated rings. The van der Waals surface area contributed by atoms with Crippen LogP contribution < -0.4 is 9.64 Å². The molecule has 2 aliphatic heterocycles. The highest BCUT2D eigenvalue weighted by Crippen LogP contribution is 2.49. The largest absolute Gasteiger partial charge is 0.493 e. The average Bonchev–Trinajstić information content (AvgIpc) is 3.64. The zero-order valence-electron chi connectivity index (χ0n) is 20.7. The van der Waals surface area contributed by atoms with Crippen molar-refractivity contribution in [2.45, 2.75) is 44.9 Å². The Hall–Kier alpha value is -2.81. The number of ether oxygens (including phenoxy) is 2. The zero-order chi connectivity index (χ0) is 25.1. The molecular formula is C27H34F2N4O3. The van der Waals surface area contributed by atoms with E-state index in [4.69, 9.17) is 9.47 Å². The van der Waals surface area contributed by atoms with E-state index in [0.717, 1.165) is 55.7 Å². The molecule has 2 atom stereocenters. The van der Waals surface area contributed by atoms with Crippen LogP contribution >= 0.6 is 0 Å². The summed E-state index contributed by atoms with van der Waals surface area (Å²) in [5.74, 6) is 2.73. The van der Waals surface area contributed by atoms with Gasteiger partial charge in [-0.15, -0.1) is 0 Å². The van der Waals surface area contributed by atoms with Crippen LogP contribution in [0.2, 0.25) is 0 Å². The first-order chi connectivity index (χ1) is 17.5. The Morgan fingerprint density at radius 3 is 2.58 bits per heavy atom. The van der Waals surface area contributed by atoms with Crippen LogP contribution in [0.3, 0.4) is 0 Å². The first-order valence-corrected chi connectivity index (χ1v) is 12.9. The maximum absolute atomic E-state index is 14.4. The molecule has 1 saturated carbocycles. The molecule has 1 aromatic carbocycles. The van der Waals surface area contributed by atoms with Gasteiger partial charge in [-0.25, -0.2) is 18.7 Å². The molecule has 194 valence electrons. The summed E-state index contributed by atoms with van der Waals surface area (Å²) in [6.07, 6.45) is 7.18. The number of alkyl halides is 1. The zero-order valence-corrected chi connectivity index (χ0v) is 20.7. The first kappa shape index (κ1) is 24.9. The van der Waals surface area contributed by atoms with E-state index in [2.05, 4.69) is 14.9 Å². The number of halogens is 2. The number of piperidine rings is 1. The third kappa shape index (κ3) is 5.94. The Morgan fingerprint density at radius 2 is 1.92 bits per heavy atom. The average molecular weight is 501 g/mol. The standard InChI is InChI=1S/C27H34F2N4O3/c1-35-17-18-13-30-27(31-14-18)32-7-4-19(5-8-32)24-10-20(24)6-9-36-23-3-2-21(25(29)12-23)11-26(34)33-15-22(28)16-33/h2-3,12-14,19-20,22,24H,4-11,15-17H2,1H3/t20-,24-/m1/s1. The summed E-state index contributed by atoms with van der Waals surface area (Å²) in [6, 6.07) is 4.65. The van der Waals surface area contributed by atoms with E-state index in [1.165, 1.54) is 17.4 Å². The van der Waals surface area contributed by atoms with Crippen molar-refractivity contribution in [3.05, 3.63) is 47.5 Å². The molecule has 3 aliphatic rings. The SMILES string of the molecule is COCc1cnc(N2CCC([C@H]3C[C@H]3CCOc3ccc(CC(=O)N4CC(F)C4)c(F)c3)CC2)nc1. The molecule has 0 radical (unpaired) electrons. The van der Waals surface area contributed by atoms with Crippen LogP contribution in [0.1, 0.15) is 36.8 Å². The van der Waals surface area contributed by atoms with Gasteiger partial charge in [-0.3, -0.25) is 4.79 Å². The molecule has 0 bridgehead atoms. The summed E-state index contributed by atoms with van der Waals surface area (Å²) in [5.41, 5.74) is 1.30. The van der Waals surface area contributed by atoms with E-state index in [-0.39, 0.29) is 25.4 Å². The van der Waals surface area contributed by atoms with Crippen LogP contribution in [-0.4, -0.2) is 66.8 Å². The second-order valence-corrected chi connectivity index (χ2v) is 10.3. The lowest BCUT2D eigenvalue weighted by Crippen LogP contribution is -2.52. The normalized spacial score (nSPS) is 22.4. The minimum atomic E-state index is -0.951. The van der Waals surface area contributed by atoms with Gasteiger partial charge in [0.1, 0.15) is 17.7 Å². The second-order valence-electron chi connectivity index (χ2n) is 10.3. The van der Waals surface area contributed by atoms with Gasteiger partial charge in [-0.2, -0.15) is 0 Å². The van der Waals surface area contributed by atoms with Gasteiger partial charge in [0.15, 0.2) is 0 Å². The van der Waals surface area contributed by atoms with Gasteiger partial charge in [-0.1, -0.05) is 6.07 Å². The van der Waals surface area contributed by atoms with Crippen LogP contribution in [0.25, 0.3) is 0 Å². The lowest BCUT2D eigenvalue weighted by Gasteiger charge is -2.34. The number of aromatic nitrogens is 2. The Labute approximate surface area is 210 Å². The van der Waals surface area contributed by atoms with E-state index in [1.54, 1.807) is 19.2 Å². The van der Waals surface area contributed by atoms with Crippen molar-refractivity contribution in [3.63, 3.8) is 0 Å². The van der Waals surface area contributed by atoms with Crippen molar-refractivity contribution in [3.8, 4) is 5.75 Å². The fourth-order valence-electron chi connectivity index (χ4n) is 5.45. The molecule has 5 rings (SSSR count). The van der Waals surface area contributed by atoms with Gasteiger partial charge in [-0.05, 0) is 55.1 Å². The molecule has 1 aliphatic carbocycles. The molecule has 2 saturated heterocycles. The topological polar surface area (TPSA) is 67.8 Å². The van der Waals surface area contributed by atoms with E-state index >= 15 is 0 Å². The summed E-state index contributed by atoms with van der Waals surface area (Å²) in [4.78, 5) is 24.7. The van der Waals surface area contributed by atoms with Crippen molar-refractivity contribution in [1.29, 1.82) is 0 Å². The number of likely N-dealkylation sites (tertiary alicyclic amines) is 1. The van der Waals surface area contributed by atoms with Gasteiger partial charge in [0.2, 0.25) is 11.9 Å². The summed E-state index contributed by atoms with van der Waals surface area (Å²) >= 11 is 0. The summed E-state index contributed by atoms with van der Waals surface area (Å²) < 4.78 is 38.3. The van der Waals surface area contributed by atoms with Gasteiger partial charge in [0.05, 0.1) is 32.7 Å². The Balaban J connectivity index is 1.01. The van der Waals surface area contributed by atoms with E-state index < -0.39 is 12.0 Å². The molecule has 0 N–H and O–H groups in total. The van der Waals surface area contributed by atoms with Crippen molar-refractivity contribution in [2.75, 3.05) is 44.8 Å². The minimum Gasteiger partial charge on any atom is -0.493 e. The fraction of sp³-hybridized carbons (Fsp3) is 0.593. The molecule has 0 spiro atoms. The van der Waals surface area contributed by atoms with Gasteiger partial charge in [0.25, 0.3) is 0 Å².